The number of nitrogens with zero attached hydrogens (tertiary/aromatic N) is 3. The van der Waals surface area contributed by atoms with Crippen molar-refractivity contribution in [3.8, 4) is 0 Å². The van der Waals surface area contributed by atoms with Gasteiger partial charge in [-0.3, -0.25) is 4.98 Å². The smallest absolute Gasteiger partial charge is 0.433 e. The van der Waals surface area contributed by atoms with Crippen LogP contribution in [-0.2, 0) is 10.9 Å². The largest absolute Gasteiger partial charge is 0.444 e. The zero-order valence-corrected chi connectivity index (χ0v) is 15.5. The lowest BCUT2D eigenvalue weighted by Gasteiger charge is -2.50. The molecule has 0 unspecified atom stereocenters. The summed E-state index contributed by atoms with van der Waals surface area (Å²) in [6.07, 6.45) is -2.74. The van der Waals surface area contributed by atoms with Crippen molar-refractivity contribution < 1.29 is 22.7 Å². The zero-order chi connectivity index (χ0) is 19.3. The summed E-state index contributed by atoms with van der Waals surface area (Å²) in [4.78, 5) is 19.3. The van der Waals surface area contributed by atoms with Crippen molar-refractivity contribution in [3.63, 3.8) is 0 Å². The fourth-order valence-corrected chi connectivity index (χ4v) is 3.76. The molecular weight excluding hydrogens is 347 g/mol. The summed E-state index contributed by atoms with van der Waals surface area (Å²) < 4.78 is 44.5. The standard InChI is InChI=1S/C18H24F3N3O2/c1-12-13(5-7-22-14(12)18(19,20)21)24-10-17(11-24)6-8-23(9-17)15(25)26-16(2,3)4/h5,7H,6,8-11H2,1-4H3. The minimum Gasteiger partial charge on any atom is -0.444 e. The van der Waals surface area contributed by atoms with Crippen molar-refractivity contribution in [1.82, 2.24) is 9.88 Å². The Labute approximate surface area is 151 Å². The van der Waals surface area contributed by atoms with Gasteiger partial charge in [-0.15, -0.1) is 0 Å². The van der Waals surface area contributed by atoms with Crippen LogP contribution in [0.5, 0.6) is 0 Å². The van der Waals surface area contributed by atoms with E-state index in [1.807, 2.05) is 25.7 Å². The molecule has 0 saturated carbocycles. The summed E-state index contributed by atoms with van der Waals surface area (Å²) in [6, 6.07) is 1.62. The van der Waals surface area contributed by atoms with Gasteiger partial charge < -0.3 is 14.5 Å². The summed E-state index contributed by atoms with van der Waals surface area (Å²) >= 11 is 0. The highest BCUT2D eigenvalue weighted by atomic mass is 19.4. The first-order valence-corrected chi connectivity index (χ1v) is 8.66. The number of carbonyl (C=O) groups excluding carboxylic acids is 1. The van der Waals surface area contributed by atoms with Gasteiger partial charge in [-0.1, -0.05) is 0 Å². The molecule has 3 heterocycles. The van der Waals surface area contributed by atoms with Crippen LogP contribution in [0, 0.1) is 12.3 Å². The maximum atomic E-state index is 13.0. The van der Waals surface area contributed by atoms with Crippen molar-refractivity contribution in [2.45, 2.75) is 45.9 Å². The Bertz CT molecular complexity index is 707. The van der Waals surface area contributed by atoms with Crippen molar-refractivity contribution in [2.75, 3.05) is 31.1 Å². The third-order valence-corrected chi connectivity index (χ3v) is 4.93. The second-order valence-corrected chi connectivity index (χ2v) is 8.31. The number of pyridine rings is 1. The molecule has 0 N–H and O–H groups in total. The quantitative estimate of drug-likeness (QED) is 0.752. The molecule has 0 radical (unpaired) electrons. The normalized spacial score (nSPS) is 19.7. The summed E-state index contributed by atoms with van der Waals surface area (Å²) in [5.41, 5.74) is -0.727. The molecule has 5 nitrogen and oxygen atoms in total. The van der Waals surface area contributed by atoms with Gasteiger partial charge in [0.1, 0.15) is 11.3 Å². The van der Waals surface area contributed by atoms with E-state index in [4.69, 9.17) is 4.74 Å². The predicted octanol–water partition coefficient (Wildman–Crippen LogP) is 3.86. The first kappa shape index (κ1) is 18.8. The molecule has 8 heteroatoms. The van der Waals surface area contributed by atoms with Crippen LogP contribution in [0.2, 0.25) is 0 Å². The summed E-state index contributed by atoms with van der Waals surface area (Å²) in [5, 5.41) is 0. The van der Waals surface area contributed by atoms with Gasteiger partial charge in [0.05, 0.1) is 0 Å². The molecule has 0 aliphatic carbocycles. The molecule has 3 rings (SSSR count). The second kappa shape index (κ2) is 6.03. The highest BCUT2D eigenvalue weighted by Crippen LogP contribution is 2.44. The van der Waals surface area contributed by atoms with Crippen molar-refractivity contribution in [2.24, 2.45) is 5.41 Å². The van der Waals surface area contributed by atoms with Gasteiger partial charge >= 0.3 is 12.3 Å². The number of ether oxygens (including phenoxy) is 1. The SMILES string of the molecule is Cc1c(N2CC3(CCN(C(=O)OC(C)(C)C)C3)C2)ccnc1C(F)(F)F. The molecule has 0 atom stereocenters. The number of hydrogen-bond acceptors (Lipinski definition) is 4. The number of likely N-dealkylation sites (tertiary alicyclic amines) is 1. The third kappa shape index (κ3) is 3.59. The minimum absolute atomic E-state index is 0.0645. The Hall–Kier alpha value is -1.99. The highest BCUT2D eigenvalue weighted by Gasteiger charge is 2.50. The van der Waals surface area contributed by atoms with E-state index in [1.165, 1.54) is 13.1 Å². The van der Waals surface area contributed by atoms with Gasteiger partial charge in [0, 0.05) is 49.0 Å². The lowest BCUT2D eigenvalue weighted by atomic mass is 9.78. The Balaban J connectivity index is 1.66. The van der Waals surface area contributed by atoms with Crippen LogP contribution in [0.15, 0.2) is 12.3 Å². The molecule has 1 amide bonds. The number of hydrogen-bond donors (Lipinski definition) is 0. The maximum Gasteiger partial charge on any atom is 0.433 e. The maximum absolute atomic E-state index is 13.0. The highest BCUT2D eigenvalue weighted by molar-refractivity contribution is 5.69. The van der Waals surface area contributed by atoms with Crippen LogP contribution in [0.1, 0.15) is 38.4 Å². The Morgan fingerprint density at radius 2 is 1.88 bits per heavy atom. The van der Waals surface area contributed by atoms with Crippen LogP contribution < -0.4 is 4.90 Å². The molecule has 0 aromatic carbocycles. The van der Waals surface area contributed by atoms with Gasteiger partial charge in [0.25, 0.3) is 0 Å². The van der Waals surface area contributed by atoms with E-state index in [0.29, 0.717) is 31.9 Å². The molecule has 0 bridgehead atoms. The van der Waals surface area contributed by atoms with E-state index in [1.54, 1.807) is 11.0 Å². The monoisotopic (exact) mass is 371 g/mol. The lowest BCUT2D eigenvalue weighted by Crippen LogP contribution is -2.58. The van der Waals surface area contributed by atoms with Gasteiger partial charge in [-0.2, -0.15) is 13.2 Å². The van der Waals surface area contributed by atoms with E-state index in [9.17, 15) is 18.0 Å². The number of aromatic nitrogens is 1. The van der Waals surface area contributed by atoms with Gasteiger partial charge in [-0.25, -0.2) is 4.79 Å². The van der Waals surface area contributed by atoms with Crippen LogP contribution >= 0.6 is 0 Å². The number of rotatable bonds is 1. The average Bonchev–Trinajstić information content (AvgIpc) is 2.88. The Morgan fingerprint density at radius 3 is 2.46 bits per heavy atom. The lowest BCUT2D eigenvalue weighted by molar-refractivity contribution is -0.141. The molecule has 2 fully saturated rings. The molecule has 2 saturated heterocycles. The van der Waals surface area contributed by atoms with Crippen molar-refractivity contribution in [3.05, 3.63) is 23.5 Å². The molecule has 1 spiro atoms. The number of amides is 1. The van der Waals surface area contributed by atoms with Crippen LogP contribution in [0.25, 0.3) is 0 Å². The topological polar surface area (TPSA) is 45.7 Å². The van der Waals surface area contributed by atoms with E-state index in [-0.39, 0.29) is 17.1 Å². The molecule has 2 aliphatic heterocycles. The molecule has 1 aromatic heterocycles. The van der Waals surface area contributed by atoms with E-state index in [0.717, 1.165) is 6.42 Å². The number of anilines is 1. The molecular formula is C18H24F3N3O2. The van der Waals surface area contributed by atoms with Crippen LogP contribution in [0.4, 0.5) is 23.7 Å². The van der Waals surface area contributed by atoms with E-state index < -0.39 is 17.5 Å². The van der Waals surface area contributed by atoms with Gasteiger partial charge in [0.15, 0.2) is 0 Å². The third-order valence-electron chi connectivity index (χ3n) is 4.93. The van der Waals surface area contributed by atoms with Gasteiger partial charge in [-0.05, 0) is 40.2 Å². The fraction of sp³-hybridized carbons (Fsp3) is 0.667. The van der Waals surface area contributed by atoms with Crippen LogP contribution in [0.3, 0.4) is 0 Å². The van der Waals surface area contributed by atoms with Crippen LogP contribution in [-0.4, -0.2) is 47.8 Å². The number of carbonyl (C=O) groups is 1. The molecule has 144 valence electrons. The van der Waals surface area contributed by atoms with Gasteiger partial charge in [0.2, 0.25) is 0 Å². The summed E-state index contributed by atoms with van der Waals surface area (Å²) in [6.45, 7) is 9.39. The Kier molecular flexibility index (Phi) is 4.36. The van der Waals surface area contributed by atoms with E-state index in [2.05, 4.69) is 4.98 Å². The first-order chi connectivity index (χ1) is 11.9. The summed E-state index contributed by atoms with van der Waals surface area (Å²) in [7, 11) is 0. The Morgan fingerprint density at radius 1 is 1.23 bits per heavy atom. The average molecular weight is 371 g/mol. The predicted molar refractivity (Wildman–Crippen MR) is 91.0 cm³/mol. The second-order valence-electron chi connectivity index (χ2n) is 8.31. The first-order valence-electron chi connectivity index (χ1n) is 8.66. The van der Waals surface area contributed by atoms with Crippen molar-refractivity contribution in [1.29, 1.82) is 0 Å². The number of halogens is 3. The van der Waals surface area contributed by atoms with Crippen molar-refractivity contribution >= 4 is 11.8 Å². The zero-order valence-electron chi connectivity index (χ0n) is 15.5. The molecule has 1 aromatic rings. The number of alkyl halides is 3. The molecule has 2 aliphatic rings. The molecule has 26 heavy (non-hydrogen) atoms. The summed E-state index contributed by atoms with van der Waals surface area (Å²) in [5.74, 6) is 0. The fourth-order valence-electron chi connectivity index (χ4n) is 3.76. The van der Waals surface area contributed by atoms with E-state index >= 15 is 0 Å². The minimum atomic E-state index is -4.45.